The van der Waals surface area contributed by atoms with Gasteiger partial charge in [-0.1, -0.05) is 167 Å². The number of rotatable bonds is 26. The molecule has 0 radical (unpaired) electrons. The summed E-state index contributed by atoms with van der Waals surface area (Å²) >= 11 is 0. The van der Waals surface area contributed by atoms with Gasteiger partial charge >= 0.3 is 0 Å². The summed E-state index contributed by atoms with van der Waals surface area (Å²) in [6.45, 7) is 4.58. The van der Waals surface area contributed by atoms with E-state index in [0.29, 0.717) is 5.75 Å². The van der Waals surface area contributed by atoms with E-state index in [1.54, 1.807) is 0 Å². The number of phenols is 1. The number of aromatic hydroxyl groups is 1. The van der Waals surface area contributed by atoms with Gasteiger partial charge in [0.25, 0.3) is 0 Å². The van der Waals surface area contributed by atoms with E-state index in [-0.39, 0.29) is 0 Å². The summed E-state index contributed by atoms with van der Waals surface area (Å²) in [4.78, 5) is 0. The highest BCUT2D eigenvalue weighted by Gasteiger charge is 2.07. The van der Waals surface area contributed by atoms with Crippen molar-refractivity contribution in [1.82, 2.24) is 0 Å². The molecule has 0 amide bonds. The zero-order valence-corrected chi connectivity index (χ0v) is 24.1. The number of benzene rings is 1. The second kappa shape index (κ2) is 24.7. The third-order valence-corrected chi connectivity index (χ3v) is 7.83. The maximum absolute atomic E-state index is 10.4. The van der Waals surface area contributed by atoms with Crippen LogP contribution in [0.2, 0.25) is 0 Å². The fraction of sp³-hybridized carbons (Fsp3) is 0.824. The van der Waals surface area contributed by atoms with Gasteiger partial charge in [0.1, 0.15) is 5.75 Å². The summed E-state index contributed by atoms with van der Waals surface area (Å²) in [5.41, 5.74) is 2.64. The van der Waals surface area contributed by atoms with Gasteiger partial charge in [0.2, 0.25) is 0 Å². The molecule has 0 saturated carbocycles. The molecule has 1 nitrogen and oxygen atoms in total. The predicted molar refractivity (Wildman–Crippen MR) is 158 cm³/mol. The van der Waals surface area contributed by atoms with E-state index >= 15 is 0 Å². The lowest BCUT2D eigenvalue weighted by molar-refractivity contribution is 0.464. The van der Waals surface area contributed by atoms with E-state index in [4.69, 9.17) is 0 Å². The fourth-order valence-electron chi connectivity index (χ4n) is 5.44. The van der Waals surface area contributed by atoms with Gasteiger partial charge in [-0.2, -0.15) is 0 Å². The summed E-state index contributed by atoms with van der Waals surface area (Å²) in [5.74, 6) is 0.530. The summed E-state index contributed by atoms with van der Waals surface area (Å²) < 4.78 is 0. The van der Waals surface area contributed by atoms with Crippen molar-refractivity contribution >= 4 is 0 Å². The first-order valence-electron chi connectivity index (χ1n) is 16.1. The minimum atomic E-state index is 0.530. The number of phenolic OH excluding ortho intramolecular Hbond substituents is 1. The quantitative estimate of drug-likeness (QED) is 0.129. The Morgan fingerprint density at radius 3 is 1.17 bits per heavy atom. The van der Waals surface area contributed by atoms with Crippen molar-refractivity contribution in [2.75, 3.05) is 0 Å². The summed E-state index contributed by atoms with van der Waals surface area (Å²) in [6, 6.07) is 6.18. The predicted octanol–water partition coefficient (Wildman–Crippen LogP) is 11.9. The second-order valence-corrected chi connectivity index (χ2v) is 11.2. The molecule has 204 valence electrons. The van der Waals surface area contributed by atoms with Crippen LogP contribution in [0.25, 0.3) is 0 Å². The topological polar surface area (TPSA) is 20.2 Å². The Morgan fingerprint density at radius 2 is 0.771 bits per heavy atom. The minimum absolute atomic E-state index is 0.530. The van der Waals surface area contributed by atoms with Gasteiger partial charge in [0.15, 0.2) is 0 Å². The highest BCUT2D eigenvalue weighted by molar-refractivity contribution is 5.39. The molecule has 35 heavy (non-hydrogen) atoms. The Kier molecular flexibility index (Phi) is 22.6. The third kappa shape index (κ3) is 18.9. The average Bonchev–Trinajstić information content (AvgIpc) is 2.86. The lowest BCUT2D eigenvalue weighted by Crippen LogP contribution is -1.96. The standard InChI is InChI=1S/C34H62O/c1-3-5-7-9-11-13-14-15-16-17-18-19-20-21-23-25-28-32-29-27-31-34(35)33(32)30-26-24-22-12-10-8-6-4-2/h27,29,31,35H,3-26,28,30H2,1-2H3. The summed E-state index contributed by atoms with van der Waals surface area (Å²) in [5, 5.41) is 10.4. The van der Waals surface area contributed by atoms with Crippen LogP contribution in [0.5, 0.6) is 5.75 Å². The van der Waals surface area contributed by atoms with E-state index in [9.17, 15) is 5.11 Å². The van der Waals surface area contributed by atoms with Crippen molar-refractivity contribution in [2.24, 2.45) is 0 Å². The Hall–Kier alpha value is -0.980. The van der Waals surface area contributed by atoms with Crippen LogP contribution in [-0.4, -0.2) is 5.11 Å². The van der Waals surface area contributed by atoms with Crippen LogP contribution in [0.1, 0.15) is 179 Å². The lowest BCUT2D eigenvalue weighted by Gasteiger charge is -2.12. The molecule has 0 aliphatic heterocycles. The molecule has 0 saturated heterocycles. The number of hydrogen-bond donors (Lipinski definition) is 1. The molecule has 0 aliphatic carbocycles. The normalized spacial score (nSPS) is 11.4. The zero-order valence-electron chi connectivity index (χ0n) is 24.1. The molecule has 0 bridgehead atoms. The van der Waals surface area contributed by atoms with Gasteiger partial charge in [-0.3, -0.25) is 0 Å². The highest BCUT2D eigenvalue weighted by Crippen LogP contribution is 2.25. The van der Waals surface area contributed by atoms with E-state index in [1.807, 2.05) is 12.1 Å². The van der Waals surface area contributed by atoms with Crippen molar-refractivity contribution in [3.8, 4) is 5.75 Å². The average molecular weight is 487 g/mol. The van der Waals surface area contributed by atoms with Gasteiger partial charge in [-0.05, 0) is 42.9 Å². The Bertz CT molecular complexity index is 564. The van der Waals surface area contributed by atoms with Gasteiger partial charge in [0, 0.05) is 0 Å². The number of hydrogen-bond acceptors (Lipinski definition) is 1. The van der Waals surface area contributed by atoms with Crippen LogP contribution in [0, 0.1) is 0 Å². The van der Waals surface area contributed by atoms with Gasteiger partial charge in [-0.25, -0.2) is 0 Å². The summed E-state index contributed by atoms with van der Waals surface area (Å²) in [7, 11) is 0. The van der Waals surface area contributed by atoms with Gasteiger partial charge in [-0.15, -0.1) is 0 Å². The minimum Gasteiger partial charge on any atom is -0.508 e. The van der Waals surface area contributed by atoms with Gasteiger partial charge in [0.05, 0.1) is 0 Å². The van der Waals surface area contributed by atoms with Crippen molar-refractivity contribution < 1.29 is 5.11 Å². The molecule has 0 fully saturated rings. The van der Waals surface area contributed by atoms with E-state index in [1.165, 1.54) is 165 Å². The maximum Gasteiger partial charge on any atom is 0.119 e. The Labute approximate surface area is 220 Å². The molecule has 1 aromatic rings. The molecule has 1 aromatic carbocycles. The maximum atomic E-state index is 10.4. The van der Waals surface area contributed by atoms with Crippen LogP contribution in [0.4, 0.5) is 0 Å². The van der Waals surface area contributed by atoms with E-state index in [2.05, 4.69) is 19.9 Å². The Balaban J connectivity index is 2.00. The molecule has 0 heterocycles. The van der Waals surface area contributed by atoms with Crippen molar-refractivity contribution in [3.63, 3.8) is 0 Å². The van der Waals surface area contributed by atoms with Crippen LogP contribution < -0.4 is 0 Å². The molecule has 0 atom stereocenters. The SMILES string of the molecule is CCCCCCCCCCCCCCCCCCc1cccc(O)c1CCCCCCCCCC. The molecule has 1 heteroatoms. The molecule has 0 aromatic heterocycles. The Morgan fingerprint density at radius 1 is 0.429 bits per heavy atom. The van der Waals surface area contributed by atoms with Crippen LogP contribution >= 0.6 is 0 Å². The second-order valence-electron chi connectivity index (χ2n) is 11.2. The largest absolute Gasteiger partial charge is 0.508 e. The molecule has 0 unspecified atom stereocenters. The van der Waals surface area contributed by atoms with Crippen molar-refractivity contribution in [1.29, 1.82) is 0 Å². The monoisotopic (exact) mass is 486 g/mol. The van der Waals surface area contributed by atoms with E-state index in [0.717, 1.165) is 12.8 Å². The molecule has 1 N–H and O–H groups in total. The fourth-order valence-corrected chi connectivity index (χ4v) is 5.44. The first kappa shape index (κ1) is 32.0. The number of aryl methyl sites for hydroxylation is 1. The zero-order chi connectivity index (χ0) is 25.2. The van der Waals surface area contributed by atoms with Crippen LogP contribution in [0.3, 0.4) is 0 Å². The number of unbranched alkanes of at least 4 members (excludes halogenated alkanes) is 22. The van der Waals surface area contributed by atoms with Crippen LogP contribution in [-0.2, 0) is 12.8 Å². The molecule has 0 aliphatic rings. The van der Waals surface area contributed by atoms with Crippen molar-refractivity contribution in [2.45, 2.75) is 181 Å². The molecule has 1 rings (SSSR count). The van der Waals surface area contributed by atoms with E-state index < -0.39 is 0 Å². The molecule has 0 spiro atoms. The molecular formula is C34H62O. The van der Waals surface area contributed by atoms with Crippen LogP contribution in [0.15, 0.2) is 18.2 Å². The van der Waals surface area contributed by atoms with Gasteiger partial charge < -0.3 is 5.11 Å². The first-order valence-corrected chi connectivity index (χ1v) is 16.1. The lowest BCUT2D eigenvalue weighted by atomic mass is 9.95. The molecular weight excluding hydrogens is 424 g/mol. The highest BCUT2D eigenvalue weighted by atomic mass is 16.3. The third-order valence-electron chi connectivity index (χ3n) is 7.83. The smallest absolute Gasteiger partial charge is 0.119 e. The summed E-state index contributed by atoms with van der Waals surface area (Å²) in [6.07, 6.45) is 35.7. The van der Waals surface area contributed by atoms with Crippen molar-refractivity contribution in [3.05, 3.63) is 29.3 Å². The first-order chi connectivity index (χ1) is 17.3.